The number of rotatable bonds is 9. The van der Waals surface area contributed by atoms with E-state index in [1.165, 1.54) is 18.1 Å². The average Bonchev–Trinajstić information content (AvgIpc) is 3.75. The number of nitrogens with zero attached hydrogens (tertiary/aromatic N) is 2. The Bertz CT molecular complexity index is 1540. The molecule has 232 valence electrons. The minimum atomic E-state index is -0.934. The zero-order valence-corrected chi connectivity index (χ0v) is 26.4. The Balaban J connectivity index is 1.19. The van der Waals surface area contributed by atoms with Crippen LogP contribution in [0.25, 0.3) is 0 Å². The monoisotopic (exact) mass is 640 g/mol. The third kappa shape index (κ3) is 6.18. The lowest BCUT2D eigenvalue weighted by Gasteiger charge is -2.51. The smallest absolute Gasteiger partial charge is 0.331 e. The molecule has 1 aliphatic carbocycles. The summed E-state index contributed by atoms with van der Waals surface area (Å²) in [7, 11) is 1.25. The molecule has 0 spiro atoms. The second kappa shape index (κ2) is 12.3. The van der Waals surface area contributed by atoms with E-state index < -0.39 is 29.8 Å². The van der Waals surface area contributed by atoms with Crippen molar-refractivity contribution in [2.24, 2.45) is 5.41 Å². The molecule has 2 saturated heterocycles. The van der Waals surface area contributed by atoms with Gasteiger partial charge < -0.3 is 14.2 Å². The van der Waals surface area contributed by atoms with Crippen molar-refractivity contribution < 1.29 is 28.2 Å². The van der Waals surface area contributed by atoms with Crippen LogP contribution in [0.1, 0.15) is 65.7 Å². The van der Waals surface area contributed by atoms with Gasteiger partial charge in [-0.05, 0) is 66.6 Å². The molecule has 10 heteroatoms. The van der Waals surface area contributed by atoms with E-state index in [2.05, 4.69) is 24.0 Å². The number of halogens is 3. The van der Waals surface area contributed by atoms with Gasteiger partial charge in [-0.3, -0.25) is 14.6 Å². The first-order valence-corrected chi connectivity index (χ1v) is 15.5. The molecule has 1 saturated carbocycles. The molecule has 1 amide bonds. The molecule has 3 atom stereocenters. The lowest BCUT2D eigenvalue weighted by molar-refractivity contribution is -0.145. The van der Waals surface area contributed by atoms with Crippen LogP contribution in [0.2, 0.25) is 10.0 Å². The molecule has 3 aromatic carbocycles. The number of esters is 1. The van der Waals surface area contributed by atoms with Crippen LogP contribution in [0, 0.1) is 11.2 Å². The number of benzene rings is 3. The Kier molecular flexibility index (Phi) is 8.63. The maximum atomic E-state index is 15.5. The fourth-order valence-corrected chi connectivity index (χ4v) is 6.96. The van der Waals surface area contributed by atoms with Crippen molar-refractivity contribution in [3.05, 3.63) is 98.8 Å². The predicted octanol–water partition coefficient (Wildman–Crippen LogP) is 6.86. The van der Waals surface area contributed by atoms with Gasteiger partial charge in [0.15, 0.2) is 6.04 Å². The minimum absolute atomic E-state index is 0.0312. The lowest BCUT2D eigenvalue weighted by atomic mass is 9.79. The molecule has 7 nitrogen and oxygen atoms in total. The molecule has 0 bridgehead atoms. The van der Waals surface area contributed by atoms with E-state index in [1.807, 2.05) is 30.3 Å². The highest BCUT2D eigenvalue weighted by atomic mass is 35.5. The fourth-order valence-electron chi connectivity index (χ4n) is 6.42. The Morgan fingerprint density at radius 2 is 1.73 bits per heavy atom. The first kappa shape index (κ1) is 30.8. The maximum absolute atomic E-state index is 15.5. The van der Waals surface area contributed by atoms with Gasteiger partial charge in [-0.1, -0.05) is 60.5 Å². The fraction of sp³-hybridized carbons (Fsp3) is 0.412. The van der Waals surface area contributed by atoms with Crippen molar-refractivity contribution in [1.82, 2.24) is 9.80 Å². The van der Waals surface area contributed by atoms with E-state index in [0.29, 0.717) is 22.4 Å². The summed E-state index contributed by atoms with van der Waals surface area (Å²) in [6.45, 7) is 5.61. The standard InChI is InChI=1S/C34H35Cl2FN2O5/c1-20-30(33(41)42-3)39(19-44-20)32(40)27-14-26(21-9-10-21)29(15-28(27)37)43-18-34(2)16-38(17-34)31(22-7-5-4-6-8-22)23-11-24(35)13-25(36)12-23/h4-8,11-15,20-21,30-31H,9-10,16-19H2,1-3H3/t20-,30+,31?/m1/s1. The summed E-state index contributed by atoms with van der Waals surface area (Å²) in [4.78, 5) is 29.4. The van der Waals surface area contributed by atoms with Gasteiger partial charge in [-0.25, -0.2) is 9.18 Å². The predicted molar refractivity (Wildman–Crippen MR) is 166 cm³/mol. The second-order valence-corrected chi connectivity index (χ2v) is 13.3. The van der Waals surface area contributed by atoms with Gasteiger partial charge in [0.1, 0.15) is 18.3 Å². The molecule has 6 rings (SSSR count). The van der Waals surface area contributed by atoms with Gasteiger partial charge in [0.25, 0.3) is 5.91 Å². The van der Waals surface area contributed by atoms with E-state index in [1.54, 1.807) is 19.1 Å². The quantitative estimate of drug-likeness (QED) is 0.238. The maximum Gasteiger partial charge on any atom is 0.331 e. The van der Waals surface area contributed by atoms with E-state index in [-0.39, 0.29) is 29.7 Å². The van der Waals surface area contributed by atoms with Gasteiger partial charge in [0, 0.05) is 34.6 Å². The van der Waals surface area contributed by atoms with Crippen LogP contribution in [0.4, 0.5) is 4.39 Å². The molecular weight excluding hydrogens is 606 g/mol. The van der Waals surface area contributed by atoms with Gasteiger partial charge in [-0.15, -0.1) is 0 Å². The van der Waals surface area contributed by atoms with Crippen molar-refractivity contribution in [3.63, 3.8) is 0 Å². The number of ether oxygens (including phenoxy) is 3. The molecule has 0 aromatic heterocycles. The van der Waals surface area contributed by atoms with Gasteiger partial charge in [0.05, 0.1) is 31.4 Å². The normalized spacial score (nSPS) is 21.9. The third-order valence-corrected chi connectivity index (χ3v) is 9.17. The van der Waals surface area contributed by atoms with Crippen LogP contribution in [0.3, 0.4) is 0 Å². The summed E-state index contributed by atoms with van der Waals surface area (Å²) in [5.41, 5.74) is 2.69. The first-order chi connectivity index (χ1) is 21.1. The first-order valence-electron chi connectivity index (χ1n) is 14.8. The van der Waals surface area contributed by atoms with E-state index >= 15 is 4.39 Å². The molecule has 0 radical (unpaired) electrons. The number of carbonyl (C=O) groups is 2. The number of likely N-dealkylation sites (tertiary alicyclic amines) is 1. The molecule has 3 fully saturated rings. The van der Waals surface area contributed by atoms with Crippen molar-refractivity contribution in [3.8, 4) is 5.75 Å². The number of hydrogen-bond acceptors (Lipinski definition) is 6. The van der Waals surface area contributed by atoms with Crippen LogP contribution >= 0.6 is 23.2 Å². The third-order valence-electron chi connectivity index (χ3n) is 8.73. The van der Waals surface area contributed by atoms with Crippen LogP contribution in [0.5, 0.6) is 5.75 Å². The minimum Gasteiger partial charge on any atom is -0.493 e. The summed E-state index contributed by atoms with van der Waals surface area (Å²) in [5.74, 6) is -1.24. The molecule has 0 N–H and O–H groups in total. The number of methoxy groups -OCH3 is 1. The van der Waals surface area contributed by atoms with E-state index in [4.69, 9.17) is 37.4 Å². The summed E-state index contributed by atoms with van der Waals surface area (Å²) in [6.07, 6.45) is 1.33. The molecule has 2 heterocycles. The van der Waals surface area contributed by atoms with Crippen molar-refractivity contribution in [2.75, 3.05) is 33.5 Å². The second-order valence-electron chi connectivity index (χ2n) is 12.4. The Morgan fingerprint density at radius 1 is 1.05 bits per heavy atom. The lowest BCUT2D eigenvalue weighted by Crippen LogP contribution is -2.58. The van der Waals surface area contributed by atoms with Crippen LogP contribution < -0.4 is 4.74 Å². The van der Waals surface area contributed by atoms with Gasteiger partial charge in [-0.2, -0.15) is 0 Å². The highest BCUT2D eigenvalue weighted by Crippen LogP contribution is 2.47. The van der Waals surface area contributed by atoms with Crippen LogP contribution in [-0.2, 0) is 14.3 Å². The van der Waals surface area contributed by atoms with Crippen LogP contribution in [-0.4, -0.2) is 67.4 Å². The molecule has 3 aromatic rings. The van der Waals surface area contributed by atoms with Crippen molar-refractivity contribution in [2.45, 2.75) is 50.8 Å². The largest absolute Gasteiger partial charge is 0.493 e. The highest BCUT2D eigenvalue weighted by Gasteiger charge is 2.45. The Morgan fingerprint density at radius 3 is 2.36 bits per heavy atom. The van der Waals surface area contributed by atoms with Crippen molar-refractivity contribution >= 4 is 35.1 Å². The summed E-state index contributed by atoms with van der Waals surface area (Å²) in [5, 5.41) is 1.17. The van der Waals surface area contributed by atoms with E-state index in [0.717, 1.165) is 42.6 Å². The van der Waals surface area contributed by atoms with Gasteiger partial charge in [0.2, 0.25) is 0 Å². The summed E-state index contributed by atoms with van der Waals surface area (Å²) < 4.78 is 32.2. The SMILES string of the molecule is COC(=O)[C@@H]1[C@@H](C)OCN1C(=O)c1cc(C2CC2)c(OCC2(C)CN(C(c3ccccc3)c3cc(Cl)cc(Cl)c3)C2)cc1F. The zero-order chi connectivity index (χ0) is 31.2. The molecular formula is C34H35Cl2FN2O5. The molecule has 2 aliphatic heterocycles. The Labute approximate surface area is 266 Å². The number of amides is 1. The average molecular weight is 642 g/mol. The van der Waals surface area contributed by atoms with Crippen molar-refractivity contribution in [1.29, 1.82) is 0 Å². The molecule has 1 unspecified atom stereocenters. The topological polar surface area (TPSA) is 68.3 Å². The Hall–Kier alpha value is -3.17. The molecule has 3 aliphatic rings. The van der Waals surface area contributed by atoms with E-state index in [9.17, 15) is 9.59 Å². The van der Waals surface area contributed by atoms with Crippen LogP contribution in [0.15, 0.2) is 60.7 Å². The summed E-state index contributed by atoms with van der Waals surface area (Å²) >= 11 is 12.8. The zero-order valence-electron chi connectivity index (χ0n) is 24.9. The molecule has 44 heavy (non-hydrogen) atoms. The number of hydrogen-bond donors (Lipinski definition) is 0. The summed E-state index contributed by atoms with van der Waals surface area (Å²) in [6, 6.07) is 17.8. The number of carbonyl (C=O) groups excluding carboxylic acids is 2. The van der Waals surface area contributed by atoms with Gasteiger partial charge >= 0.3 is 5.97 Å². The highest BCUT2D eigenvalue weighted by molar-refractivity contribution is 6.34.